The number of rotatable bonds is 2. The second kappa shape index (κ2) is 2.84. The molecule has 0 aromatic rings. The topological polar surface area (TPSA) is 26.3 Å². The molecular formula is C9H14O2. The van der Waals surface area contributed by atoms with Gasteiger partial charge in [-0.3, -0.25) is 4.79 Å². The Morgan fingerprint density at radius 2 is 2.09 bits per heavy atom. The molecule has 2 rings (SSSR count). The molecule has 0 bridgehead atoms. The molecule has 62 valence electrons. The maximum Gasteiger partial charge on any atom is 0.293 e. The quantitative estimate of drug-likeness (QED) is 0.566. The van der Waals surface area contributed by atoms with E-state index in [0.717, 1.165) is 12.3 Å². The van der Waals surface area contributed by atoms with Gasteiger partial charge in [-0.05, 0) is 31.1 Å². The molecule has 0 aromatic carbocycles. The monoisotopic (exact) mass is 154 g/mol. The molecular weight excluding hydrogens is 140 g/mol. The Kier molecular flexibility index (Phi) is 1.84. The summed E-state index contributed by atoms with van der Waals surface area (Å²) in [4.78, 5) is 10.1. The largest absolute Gasteiger partial charge is 0.464 e. The number of carbonyl (C=O) groups is 1. The minimum absolute atomic E-state index is 0.264. The molecule has 2 saturated carbocycles. The van der Waals surface area contributed by atoms with E-state index < -0.39 is 0 Å². The van der Waals surface area contributed by atoms with Gasteiger partial charge in [-0.15, -0.1) is 0 Å². The first kappa shape index (κ1) is 7.14. The fourth-order valence-electron chi connectivity index (χ4n) is 2.75. The first-order valence-corrected chi connectivity index (χ1v) is 4.51. The van der Waals surface area contributed by atoms with Gasteiger partial charge in [0.1, 0.15) is 6.10 Å². The first-order chi connectivity index (χ1) is 5.42. The highest BCUT2D eigenvalue weighted by atomic mass is 16.5. The third kappa shape index (κ3) is 1.15. The Hall–Kier alpha value is -0.530. The smallest absolute Gasteiger partial charge is 0.293 e. The average molecular weight is 154 g/mol. The maximum absolute atomic E-state index is 10.1. The van der Waals surface area contributed by atoms with E-state index in [0.29, 0.717) is 12.4 Å². The van der Waals surface area contributed by atoms with Gasteiger partial charge in [-0.25, -0.2) is 0 Å². The van der Waals surface area contributed by atoms with Crippen molar-refractivity contribution in [2.24, 2.45) is 11.8 Å². The van der Waals surface area contributed by atoms with Crippen molar-refractivity contribution in [1.82, 2.24) is 0 Å². The minimum atomic E-state index is 0.264. The van der Waals surface area contributed by atoms with Crippen LogP contribution in [0, 0.1) is 11.8 Å². The van der Waals surface area contributed by atoms with Gasteiger partial charge in [0.05, 0.1) is 0 Å². The summed E-state index contributed by atoms with van der Waals surface area (Å²) in [6.45, 7) is 0.616. The van der Waals surface area contributed by atoms with Crippen molar-refractivity contribution in [3.8, 4) is 0 Å². The molecule has 3 atom stereocenters. The highest BCUT2D eigenvalue weighted by Gasteiger charge is 2.40. The van der Waals surface area contributed by atoms with Crippen LogP contribution in [0.15, 0.2) is 0 Å². The lowest BCUT2D eigenvalue weighted by Crippen LogP contribution is -2.17. The third-order valence-corrected chi connectivity index (χ3v) is 3.25. The molecule has 0 amide bonds. The van der Waals surface area contributed by atoms with Crippen LogP contribution in [0.1, 0.15) is 32.1 Å². The zero-order chi connectivity index (χ0) is 7.68. The van der Waals surface area contributed by atoms with E-state index in [1.165, 1.54) is 25.7 Å². The van der Waals surface area contributed by atoms with Crippen LogP contribution in [0.3, 0.4) is 0 Å². The summed E-state index contributed by atoms with van der Waals surface area (Å²) in [6, 6.07) is 0. The molecule has 0 spiro atoms. The lowest BCUT2D eigenvalue weighted by atomic mass is 9.99. The lowest BCUT2D eigenvalue weighted by molar-refractivity contribution is -0.135. The summed E-state index contributed by atoms with van der Waals surface area (Å²) in [5, 5.41) is 0. The fraction of sp³-hybridized carbons (Fsp3) is 0.889. The number of hydrogen-bond donors (Lipinski definition) is 0. The van der Waals surface area contributed by atoms with Crippen molar-refractivity contribution >= 4 is 6.47 Å². The van der Waals surface area contributed by atoms with E-state index in [1.54, 1.807) is 0 Å². The molecule has 0 heterocycles. The van der Waals surface area contributed by atoms with Crippen LogP contribution < -0.4 is 0 Å². The highest BCUT2D eigenvalue weighted by Crippen LogP contribution is 2.44. The number of carbonyl (C=O) groups excluding carboxylic acids is 1. The molecule has 0 saturated heterocycles. The fourth-order valence-corrected chi connectivity index (χ4v) is 2.75. The van der Waals surface area contributed by atoms with E-state index in [-0.39, 0.29) is 6.10 Å². The molecule has 2 aliphatic rings. The molecule has 0 radical (unpaired) electrons. The van der Waals surface area contributed by atoms with Crippen molar-refractivity contribution in [2.75, 3.05) is 0 Å². The summed E-state index contributed by atoms with van der Waals surface area (Å²) in [5.74, 6) is 1.58. The van der Waals surface area contributed by atoms with Crippen molar-refractivity contribution in [3.63, 3.8) is 0 Å². The Labute approximate surface area is 66.9 Å². The average Bonchev–Trinajstić information content (AvgIpc) is 2.53. The molecule has 0 aliphatic heterocycles. The highest BCUT2D eigenvalue weighted by molar-refractivity contribution is 5.37. The van der Waals surface area contributed by atoms with Crippen LogP contribution >= 0.6 is 0 Å². The summed E-state index contributed by atoms with van der Waals surface area (Å²) >= 11 is 0. The van der Waals surface area contributed by atoms with E-state index in [1.807, 2.05) is 0 Å². The molecule has 0 N–H and O–H groups in total. The zero-order valence-corrected chi connectivity index (χ0v) is 6.66. The van der Waals surface area contributed by atoms with Crippen LogP contribution in [-0.2, 0) is 9.53 Å². The van der Waals surface area contributed by atoms with Crippen LogP contribution in [-0.4, -0.2) is 12.6 Å². The number of fused-ring (bicyclic) bond motifs is 1. The Bertz CT molecular complexity index is 156. The normalized spacial score (nSPS) is 42.0. The van der Waals surface area contributed by atoms with Crippen LogP contribution in [0.2, 0.25) is 0 Å². The summed E-state index contributed by atoms with van der Waals surface area (Å²) in [6.07, 6.45) is 6.64. The van der Waals surface area contributed by atoms with Gasteiger partial charge in [0.2, 0.25) is 0 Å². The standard InChI is InChI=1S/C9H14O2/c10-6-11-9-5-4-7-2-1-3-8(7)9/h6-9H,1-5H2/t7-,8-,9+/m0/s1. The van der Waals surface area contributed by atoms with Gasteiger partial charge >= 0.3 is 0 Å². The summed E-state index contributed by atoms with van der Waals surface area (Å²) in [5.41, 5.74) is 0. The predicted molar refractivity (Wildman–Crippen MR) is 41.0 cm³/mol. The van der Waals surface area contributed by atoms with E-state index in [2.05, 4.69) is 0 Å². The maximum atomic E-state index is 10.1. The van der Waals surface area contributed by atoms with E-state index in [9.17, 15) is 4.79 Å². The summed E-state index contributed by atoms with van der Waals surface area (Å²) < 4.78 is 5.04. The second-order valence-corrected chi connectivity index (χ2v) is 3.70. The SMILES string of the molecule is O=CO[C@@H]1CC[C@@H]2CCC[C@@H]21. The second-order valence-electron chi connectivity index (χ2n) is 3.70. The van der Waals surface area contributed by atoms with Crippen molar-refractivity contribution in [1.29, 1.82) is 0 Å². The van der Waals surface area contributed by atoms with Gasteiger partial charge < -0.3 is 4.74 Å². The predicted octanol–water partition coefficient (Wildman–Crippen LogP) is 1.74. The van der Waals surface area contributed by atoms with Gasteiger partial charge in [0, 0.05) is 0 Å². The van der Waals surface area contributed by atoms with Crippen LogP contribution in [0.4, 0.5) is 0 Å². The van der Waals surface area contributed by atoms with Crippen LogP contribution in [0.5, 0.6) is 0 Å². The van der Waals surface area contributed by atoms with Gasteiger partial charge in [-0.2, -0.15) is 0 Å². The Morgan fingerprint density at radius 3 is 2.91 bits per heavy atom. The van der Waals surface area contributed by atoms with Gasteiger partial charge in [-0.1, -0.05) is 12.8 Å². The molecule has 11 heavy (non-hydrogen) atoms. The van der Waals surface area contributed by atoms with Gasteiger partial charge in [0.25, 0.3) is 6.47 Å². The van der Waals surface area contributed by atoms with Crippen molar-refractivity contribution < 1.29 is 9.53 Å². The molecule has 0 aromatic heterocycles. The zero-order valence-electron chi connectivity index (χ0n) is 6.66. The molecule has 2 nitrogen and oxygen atoms in total. The number of ether oxygens (including phenoxy) is 1. The molecule has 0 unspecified atom stereocenters. The van der Waals surface area contributed by atoms with Crippen molar-refractivity contribution in [3.05, 3.63) is 0 Å². The molecule has 2 aliphatic carbocycles. The Balaban J connectivity index is 1.97. The van der Waals surface area contributed by atoms with Gasteiger partial charge in [0.15, 0.2) is 0 Å². The molecule has 2 heteroatoms. The number of hydrogen-bond acceptors (Lipinski definition) is 2. The lowest BCUT2D eigenvalue weighted by Gasteiger charge is -2.15. The van der Waals surface area contributed by atoms with E-state index in [4.69, 9.17) is 4.74 Å². The van der Waals surface area contributed by atoms with E-state index >= 15 is 0 Å². The molecule has 2 fully saturated rings. The van der Waals surface area contributed by atoms with Crippen molar-refractivity contribution in [2.45, 2.75) is 38.2 Å². The first-order valence-electron chi connectivity index (χ1n) is 4.51. The van der Waals surface area contributed by atoms with Crippen LogP contribution in [0.25, 0.3) is 0 Å². The summed E-state index contributed by atoms with van der Waals surface area (Å²) in [7, 11) is 0. The third-order valence-electron chi connectivity index (χ3n) is 3.25. The minimum Gasteiger partial charge on any atom is -0.464 e. The Morgan fingerprint density at radius 1 is 1.18 bits per heavy atom.